The molecule has 6 nitrogen and oxygen atoms in total. The average Bonchev–Trinajstić information content (AvgIpc) is 2.39. The van der Waals surface area contributed by atoms with Crippen LogP contribution in [0.5, 0.6) is 11.5 Å². The second-order valence-electron chi connectivity index (χ2n) is 3.77. The van der Waals surface area contributed by atoms with E-state index >= 15 is 0 Å². The highest BCUT2D eigenvalue weighted by atomic mass is 19.1. The topological polar surface area (TPSA) is 89.7 Å². The van der Waals surface area contributed by atoms with E-state index in [2.05, 4.69) is 0 Å². The minimum Gasteiger partial charge on any atom is -0.477 e. The third-order valence-corrected chi connectivity index (χ3v) is 2.46. The number of benzene rings is 2. The van der Waals surface area contributed by atoms with Crippen LogP contribution in [0.1, 0.15) is 10.4 Å². The molecule has 0 aliphatic rings. The summed E-state index contributed by atoms with van der Waals surface area (Å²) in [6.07, 6.45) is 0. The maximum atomic E-state index is 13.4. The lowest BCUT2D eigenvalue weighted by atomic mass is 10.2. The van der Waals surface area contributed by atoms with Gasteiger partial charge >= 0.3 is 5.97 Å². The summed E-state index contributed by atoms with van der Waals surface area (Å²) in [4.78, 5) is 20.9. The largest absolute Gasteiger partial charge is 0.477 e. The van der Waals surface area contributed by atoms with Crippen LogP contribution < -0.4 is 4.74 Å². The summed E-state index contributed by atoms with van der Waals surface area (Å²) in [5.74, 6) is -2.38. The molecule has 0 bridgehead atoms. The van der Waals surface area contributed by atoms with Crippen molar-refractivity contribution in [3.63, 3.8) is 0 Å². The fraction of sp³-hybridized carbons (Fsp3) is 0. The molecule has 2 aromatic rings. The van der Waals surface area contributed by atoms with Gasteiger partial charge in [-0.15, -0.1) is 0 Å². The Bertz CT molecular complexity index is 669. The van der Waals surface area contributed by atoms with Crippen LogP contribution in [0.25, 0.3) is 0 Å². The average molecular weight is 277 g/mol. The van der Waals surface area contributed by atoms with E-state index in [9.17, 15) is 19.3 Å². The van der Waals surface area contributed by atoms with Crippen LogP contribution in [-0.2, 0) is 0 Å². The van der Waals surface area contributed by atoms with Crippen LogP contribution in [0.4, 0.5) is 10.1 Å². The first-order valence-electron chi connectivity index (χ1n) is 5.43. The second kappa shape index (κ2) is 5.35. The lowest BCUT2D eigenvalue weighted by Crippen LogP contribution is -2.03. The lowest BCUT2D eigenvalue weighted by Gasteiger charge is -2.08. The van der Waals surface area contributed by atoms with Gasteiger partial charge in [-0.3, -0.25) is 10.1 Å². The third kappa shape index (κ3) is 2.72. The Balaban J connectivity index is 2.33. The number of nitrogens with zero attached hydrogens (tertiary/aromatic N) is 1. The second-order valence-corrected chi connectivity index (χ2v) is 3.77. The first-order valence-corrected chi connectivity index (χ1v) is 5.43. The predicted molar refractivity (Wildman–Crippen MR) is 66.5 cm³/mol. The number of carboxylic acids is 1. The van der Waals surface area contributed by atoms with Gasteiger partial charge in [0.25, 0.3) is 5.69 Å². The van der Waals surface area contributed by atoms with Gasteiger partial charge in [0.05, 0.1) is 4.92 Å². The van der Waals surface area contributed by atoms with Gasteiger partial charge in [-0.25, -0.2) is 9.18 Å². The number of carbonyl (C=O) groups is 1. The van der Waals surface area contributed by atoms with Crippen molar-refractivity contribution in [1.82, 2.24) is 0 Å². The van der Waals surface area contributed by atoms with Crippen LogP contribution in [-0.4, -0.2) is 16.0 Å². The van der Waals surface area contributed by atoms with Gasteiger partial charge in [-0.2, -0.15) is 0 Å². The smallest absolute Gasteiger partial charge is 0.342 e. The Morgan fingerprint density at radius 1 is 1.20 bits per heavy atom. The van der Waals surface area contributed by atoms with Crippen molar-refractivity contribution in [2.45, 2.75) is 0 Å². The summed E-state index contributed by atoms with van der Waals surface area (Å²) in [6, 6.07) is 8.62. The molecular weight excluding hydrogens is 269 g/mol. The van der Waals surface area contributed by atoms with Crippen molar-refractivity contribution in [2.75, 3.05) is 0 Å². The number of hydrogen-bond acceptors (Lipinski definition) is 4. The summed E-state index contributed by atoms with van der Waals surface area (Å²) in [5.41, 5.74) is -0.721. The molecule has 0 fully saturated rings. The summed E-state index contributed by atoms with van der Waals surface area (Å²) in [5, 5.41) is 19.4. The quantitative estimate of drug-likeness (QED) is 0.684. The molecule has 0 spiro atoms. The summed E-state index contributed by atoms with van der Waals surface area (Å²) < 4.78 is 18.7. The monoisotopic (exact) mass is 277 g/mol. The molecule has 7 heteroatoms. The van der Waals surface area contributed by atoms with Gasteiger partial charge in [0.2, 0.25) is 0 Å². The molecule has 20 heavy (non-hydrogen) atoms. The fourth-order valence-electron chi connectivity index (χ4n) is 1.56. The van der Waals surface area contributed by atoms with Gasteiger partial charge in [0, 0.05) is 12.1 Å². The number of nitro groups is 1. The number of rotatable bonds is 4. The minimum atomic E-state index is -1.46. The highest BCUT2D eigenvalue weighted by Crippen LogP contribution is 2.28. The molecule has 102 valence electrons. The number of aromatic carboxylic acids is 1. The molecule has 2 rings (SSSR count). The number of hydrogen-bond donors (Lipinski definition) is 1. The predicted octanol–water partition coefficient (Wildman–Crippen LogP) is 3.22. The number of ether oxygens (including phenoxy) is 1. The third-order valence-electron chi connectivity index (χ3n) is 2.46. The van der Waals surface area contributed by atoms with E-state index in [0.717, 1.165) is 6.07 Å². The van der Waals surface area contributed by atoms with Crippen molar-refractivity contribution in [2.24, 2.45) is 0 Å². The molecule has 2 aromatic carbocycles. The number of halogens is 1. The van der Waals surface area contributed by atoms with E-state index in [0.29, 0.717) is 0 Å². The van der Waals surface area contributed by atoms with Crippen molar-refractivity contribution < 1.29 is 24.0 Å². The number of non-ortho nitro benzene ring substituents is 1. The van der Waals surface area contributed by atoms with Gasteiger partial charge in [0.1, 0.15) is 22.9 Å². The van der Waals surface area contributed by atoms with E-state index in [-0.39, 0.29) is 17.2 Å². The lowest BCUT2D eigenvalue weighted by molar-refractivity contribution is -0.384. The van der Waals surface area contributed by atoms with Crippen molar-refractivity contribution >= 4 is 11.7 Å². The zero-order valence-electron chi connectivity index (χ0n) is 9.95. The maximum Gasteiger partial charge on any atom is 0.342 e. The molecule has 0 aliphatic carbocycles. The molecular formula is C13H8FNO5. The first kappa shape index (κ1) is 13.5. The Hall–Kier alpha value is -2.96. The molecule has 0 aromatic heterocycles. The zero-order chi connectivity index (χ0) is 14.7. The molecule has 0 saturated heterocycles. The SMILES string of the molecule is O=C(O)c1c(F)cccc1Oc1ccc([N+](=O)[O-])cc1. The Kier molecular flexibility index (Phi) is 3.60. The molecule has 0 aliphatic heterocycles. The van der Waals surface area contributed by atoms with Gasteiger partial charge in [0.15, 0.2) is 0 Å². The Labute approximate surface area is 112 Å². The standard InChI is InChI=1S/C13H8FNO5/c14-10-2-1-3-11(12(10)13(16)17)20-9-6-4-8(5-7-9)15(18)19/h1-7H,(H,16,17). The van der Waals surface area contributed by atoms with Crippen LogP contribution in [0.3, 0.4) is 0 Å². The van der Waals surface area contributed by atoms with E-state index in [4.69, 9.17) is 9.84 Å². The minimum absolute atomic E-state index is 0.130. The van der Waals surface area contributed by atoms with Crippen LogP contribution in [0.2, 0.25) is 0 Å². The van der Waals surface area contributed by atoms with E-state index in [1.54, 1.807) is 0 Å². The van der Waals surface area contributed by atoms with Gasteiger partial charge < -0.3 is 9.84 Å². The van der Waals surface area contributed by atoms with Gasteiger partial charge in [-0.05, 0) is 24.3 Å². The highest BCUT2D eigenvalue weighted by Gasteiger charge is 2.17. The van der Waals surface area contributed by atoms with Gasteiger partial charge in [-0.1, -0.05) is 6.07 Å². The first-order chi connectivity index (χ1) is 9.49. The molecule has 1 N–H and O–H groups in total. The Morgan fingerprint density at radius 3 is 2.40 bits per heavy atom. The maximum absolute atomic E-state index is 13.4. The molecule has 0 saturated carbocycles. The normalized spacial score (nSPS) is 10.1. The van der Waals surface area contributed by atoms with Crippen LogP contribution in [0, 0.1) is 15.9 Å². The van der Waals surface area contributed by atoms with Crippen LogP contribution in [0.15, 0.2) is 42.5 Å². The fourth-order valence-corrected chi connectivity index (χ4v) is 1.56. The number of nitro benzene ring substituents is 1. The summed E-state index contributed by atoms with van der Waals surface area (Å²) in [7, 11) is 0. The molecule has 0 atom stereocenters. The van der Waals surface area contributed by atoms with Crippen LogP contribution >= 0.6 is 0 Å². The molecule has 0 heterocycles. The summed E-state index contributed by atoms with van der Waals surface area (Å²) in [6.45, 7) is 0. The molecule has 0 unspecified atom stereocenters. The van der Waals surface area contributed by atoms with Crippen molar-refractivity contribution in [3.8, 4) is 11.5 Å². The van der Waals surface area contributed by atoms with Crippen molar-refractivity contribution in [1.29, 1.82) is 0 Å². The highest BCUT2D eigenvalue weighted by molar-refractivity contribution is 5.91. The summed E-state index contributed by atoms with van der Waals surface area (Å²) >= 11 is 0. The molecule has 0 radical (unpaired) electrons. The van der Waals surface area contributed by atoms with E-state index in [1.165, 1.54) is 36.4 Å². The zero-order valence-corrected chi connectivity index (χ0v) is 9.95. The number of carboxylic acid groups (broad SMARTS) is 1. The Morgan fingerprint density at radius 2 is 1.85 bits per heavy atom. The van der Waals surface area contributed by atoms with E-state index in [1.807, 2.05) is 0 Å². The molecule has 0 amide bonds. The van der Waals surface area contributed by atoms with E-state index < -0.39 is 22.3 Å². The van der Waals surface area contributed by atoms with Crippen molar-refractivity contribution in [3.05, 3.63) is 64.0 Å².